The first-order valence-corrected chi connectivity index (χ1v) is 11.9. The summed E-state index contributed by atoms with van der Waals surface area (Å²) in [7, 11) is 0. The van der Waals surface area contributed by atoms with E-state index in [9.17, 15) is 9.59 Å². The van der Waals surface area contributed by atoms with E-state index in [1.807, 2.05) is 12.1 Å². The third-order valence-corrected chi connectivity index (χ3v) is 6.13. The van der Waals surface area contributed by atoms with E-state index in [4.69, 9.17) is 24.7 Å². The minimum absolute atomic E-state index is 0.0762. The summed E-state index contributed by atoms with van der Waals surface area (Å²) < 4.78 is 23.6. The van der Waals surface area contributed by atoms with Gasteiger partial charge in [-0.2, -0.15) is 4.68 Å². The quantitative estimate of drug-likeness (QED) is 0.400. The average molecular weight is 501 g/mol. The molecule has 1 aromatic heterocycles. The summed E-state index contributed by atoms with van der Waals surface area (Å²) >= 11 is 0. The van der Waals surface area contributed by atoms with Crippen molar-refractivity contribution >= 4 is 34.2 Å². The number of nitrogen functional groups attached to an aromatic ring is 1. The number of carbonyl (C=O) groups is 2. The Hall–Kier alpha value is -4.73. The standard InChI is InChI=1S/C27H24N4O6/c28-18-3-4-19-20(15-18)31(26(33)14-17-2-6-22-24(12-17)37-10-8-35-22)30-27(19)29-25(32)13-16-1-5-21-23(11-16)36-9-7-34-21/h1-6,11-12,15H,7-10,13-14,28H2,(H,29,30,32). The summed E-state index contributed by atoms with van der Waals surface area (Å²) in [6.45, 7) is 1.92. The molecule has 0 bridgehead atoms. The lowest BCUT2D eigenvalue weighted by Gasteiger charge is -2.18. The number of hydrogen-bond acceptors (Lipinski definition) is 8. The average Bonchev–Trinajstić information content (AvgIpc) is 3.25. The number of ether oxygens (including phenoxy) is 4. The van der Waals surface area contributed by atoms with Gasteiger partial charge >= 0.3 is 0 Å². The maximum absolute atomic E-state index is 13.3. The summed E-state index contributed by atoms with van der Waals surface area (Å²) in [4.78, 5) is 26.2. The molecule has 0 radical (unpaired) electrons. The van der Waals surface area contributed by atoms with Crippen LogP contribution >= 0.6 is 0 Å². The van der Waals surface area contributed by atoms with Crippen LogP contribution in [0.5, 0.6) is 23.0 Å². The van der Waals surface area contributed by atoms with E-state index in [2.05, 4.69) is 10.4 Å². The van der Waals surface area contributed by atoms with Crippen molar-refractivity contribution in [1.29, 1.82) is 0 Å². The summed E-state index contributed by atoms with van der Waals surface area (Å²) in [6.07, 6.45) is 0.178. The van der Waals surface area contributed by atoms with Gasteiger partial charge in [0, 0.05) is 11.1 Å². The smallest absolute Gasteiger partial charge is 0.251 e. The van der Waals surface area contributed by atoms with Crippen LogP contribution in [-0.2, 0) is 17.6 Å². The van der Waals surface area contributed by atoms with Crippen LogP contribution < -0.4 is 30.0 Å². The number of nitrogens with one attached hydrogen (secondary N) is 1. The molecule has 188 valence electrons. The Balaban J connectivity index is 1.23. The molecule has 0 spiro atoms. The predicted octanol–water partition coefficient (Wildman–Crippen LogP) is 3.23. The van der Waals surface area contributed by atoms with E-state index in [1.54, 1.807) is 42.5 Å². The monoisotopic (exact) mass is 500 g/mol. The molecule has 0 atom stereocenters. The molecular weight excluding hydrogens is 476 g/mol. The van der Waals surface area contributed by atoms with Crippen molar-refractivity contribution in [3.8, 4) is 23.0 Å². The number of benzene rings is 3. The number of aromatic nitrogens is 2. The number of carbonyl (C=O) groups excluding carboxylic acids is 2. The summed E-state index contributed by atoms with van der Waals surface area (Å²) in [6, 6.07) is 15.9. The molecule has 10 heteroatoms. The van der Waals surface area contributed by atoms with Crippen LogP contribution in [0.25, 0.3) is 10.9 Å². The molecule has 2 aliphatic rings. The Morgan fingerprint density at radius 3 is 2.03 bits per heavy atom. The Kier molecular flexibility index (Phi) is 5.76. The lowest BCUT2D eigenvalue weighted by Crippen LogP contribution is -2.19. The van der Waals surface area contributed by atoms with Gasteiger partial charge in [0.2, 0.25) is 5.91 Å². The van der Waals surface area contributed by atoms with Crippen LogP contribution in [0.1, 0.15) is 15.9 Å². The fourth-order valence-electron chi connectivity index (χ4n) is 4.42. The van der Waals surface area contributed by atoms with E-state index in [1.165, 1.54) is 4.68 Å². The first-order valence-electron chi connectivity index (χ1n) is 11.9. The summed E-state index contributed by atoms with van der Waals surface area (Å²) in [5.41, 5.74) is 8.51. The SMILES string of the molecule is Nc1ccc2c(NC(=O)Cc3ccc4c(c3)OCCO4)nn(C(=O)Cc3ccc4c(c3)OCCO4)c2c1. The lowest BCUT2D eigenvalue weighted by molar-refractivity contribution is -0.115. The van der Waals surface area contributed by atoms with Crippen molar-refractivity contribution in [1.82, 2.24) is 9.78 Å². The number of amides is 1. The van der Waals surface area contributed by atoms with Crippen LogP contribution in [0.3, 0.4) is 0 Å². The van der Waals surface area contributed by atoms with Crippen LogP contribution in [0.4, 0.5) is 11.5 Å². The molecule has 0 aliphatic carbocycles. The van der Waals surface area contributed by atoms with Crippen molar-refractivity contribution in [3.05, 3.63) is 65.7 Å². The third kappa shape index (κ3) is 4.61. The molecule has 1 amide bonds. The number of hydrogen-bond donors (Lipinski definition) is 2. The maximum Gasteiger partial charge on any atom is 0.251 e. The molecule has 37 heavy (non-hydrogen) atoms. The van der Waals surface area contributed by atoms with Crippen LogP contribution in [0, 0.1) is 0 Å². The molecular formula is C27H24N4O6. The Morgan fingerprint density at radius 1 is 0.784 bits per heavy atom. The fraction of sp³-hybridized carbons (Fsp3) is 0.222. The second-order valence-electron chi connectivity index (χ2n) is 8.79. The molecule has 2 aliphatic heterocycles. The van der Waals surface area contributed by atoms with E-state index in [0.717, 1.165) is 11.1 Å². The normalized spacial score (nSPS) is 13.8. The van der Waals surface area contributed by atoms with Crippen molar-refractivity contribution in [2.24, 2.45) is 0 Å². The molecule has 3 heterocycles. The number of anilines is 2. The molecule has 4 aromatic rings. The highest BCUT2D eigenvalue weighted by atomic mass is 16.6. The largest absolute Gasteiger partial charge is 0.486 e. The van der Waals surface area contributed by atoms with E-state index < -0.39 is 0 Å². The number of rotatable bonds is 5. The van der Waals surface area contributed by atoms with Gasteiger partial charge in [0.15, 0.2) is 28.8 Å². The Morgan fingerprint density at radius 2 is 1.38 bits per heavy atom. The second-order valence-corrected chi connectivity index (χ2v) is 8.79. The van der Waals surface area contributed by atoms with Crippen LogP contribution in [0.2, 0.25) is 0 Å². The molecule has 0 fully saturated rings. The van der Waals surface area contributed by atoms with Gasteiger partial charge in [0.25, 0.3) is 5.91 Å². The van der Waals surface area contributed by atoms with Gasteiger partial charge in [-0.15, -0.1) is 5.10 Å². The van der Waals surface area contributed by atoms with Crippen LogP contribution in [0.15, 0.2) is 54.6 Å². The highest BCUT2D eigenvalue weighted by molar-refractivity contribution is 6.04. The Labute approximate surface area is 211 Å². The zero-order valence-corrected chi connectivity index (χ0v) is 19.9. The number of fused-ring (bicyclic) bond motifs is 3. The van der Waals surface area contributed by atoms with Gasteiger partial charge in [0.05, 0.1) is 18.4 Å². The minimum Gasteiger partial charge on any atom is -0.486 e. The van der Waals surface area contributed by atoms with Gasteiger partial charge in [-0.05, 0) is 53.6 Å². The van der Waals surface area contributed by atoms with E-state index in [-0.39, 0.29) is 30.5 Å². The first kappa shape index (κ1) is 22.7. The topological polar surface area (TPSA) is 127 Å². The van der Waals surface area contributed by atoms with Crippen LogP contribution in [-0.4, -0.2) is 48.0 Å². The predicted molar refractivity (Wildman–Crippen MR) is 136 cm³/mol. The summed E-state index contributed by atoms with van der Waals surface area (Å²) in [5, 5.41) is 7.90. The highest BCUT2D eigenvalue weighted by Gasteiger charge is 2.20. The molecule has 3 aromatic carbocycles. The molecule has 10 nitrogen and oxygen atoms in total. The van der Waals surface area contributed by atoms with Gasteiger partial charge in [0.1, 0.15) is 26.4 Å². The fourth-order valence-corrected chi connectivity index (χ4v) is 4.42. The van der Waals surface area contributed by atoms with Crippen molar-refractivity contribution in [2.45, 2.75) is 12.8 Å². The van der Waals surface area contributed by atoms with Crippen molar-refractivity contribution < 1.29 is 28.5 Å². The molecule has 6 rings (SSSR count). The minimum atomic E-state index is -0.278. The third-order valence-electron chi connectivity index (χ3n) is 6.13. The Bertz CT molecular complexity index is 1530. The summed E-state index contributed by atoms with van der Waals surface area (Å²) in [5.74, 6) is 2.27. The van der Waals surface area contributed by atoms with Crippen molar-refractivity contribution in [2.75, 3.05) is 37.5 Å². The number of nitrogens with two attached hydrogens (primary N) is 1. The van der Waals surface area contributed by atoms with Gasteiger partial charge < -0.3 is 30.0 Å². The molecule has 0 saturated carbocycles. The molecule has 0 saturated heterocycles. The van der Waals surface area contributed by atoms with Gasteiger partial charge in [-0.3, -0.25) is 9.59 Å². The second kappa shape index (κ2) is 9.38. The van der Waals surface area contributed by atoms with Gasteiger partial charge in [-0.25, -0.2) is 0 Å². The van der Waals surface area contributed by atoms with Gasteiger partial charge in [-0.1, -0.05) is 12.1 Å². The van der Waals surface area contributed by atoms with E-state index in [0.29, 0.717) is 66.0 Å². The van der Waals surface area contributed by atoms with E-state index >= 15 is 0 Å². The lowest BCUT2D eigenvalue weighted by atomic mass is 10.1. The number of nitrogens with zero attached hydrogens (tertiary/aromatic N) is 2. The molecule has 0 unspecified atom stereocenters. The first-order chi connectivity index (χ1) is 18.0. The molecule has 3 N–H and O–H groups in total. The zero-order valence-electron chi connectivity index (χ0n) is 19.9. The maximum atomic E-state index is 13.3. The van der Waals surface area contributed by atoms with Crippen molar-refractivity contribution in [3.63, 3.8) is 0 Å². The zero-order chi connectivity index (χ0) is 25.4. The highest BCUT2D eigenvalue weighted by Crippen LogP contribution is 2.32.